The molecule has 0 aromatic heterocycles. The number of benzene rings is 1. The first-order chi connectivity index (χ1) is 9.80. The maximum absolute atomic E-state index is 12.7. The van der Waals surface area contributed by atoms with Crippen molar-refractivity contribution >= 4 is 11.6 Å². The van der Waals surface area contributed by atoms with Crippen LogP contribution in [0.25, 0.3) is 0 Å². The van der Waals surface area contributed by atoms with Gasteiger partial charge in [0.25, 0.3) is 0 Å². The lowest BCUT2D eigenvalue weighted by Gasteiger charge is -2.38. The van der Waals surface area contributed by atoms with E-state index < -0.39 is 24.6 Å². The summed E-state index contributed by atoms with van der Waals surface area (Å²) in [4.78, 5) is 13.4. The van der Waals surface area contributed by atoms with Crippen molar-refractivity contribution in [2.24, 2.45) is 0 Å². The summed E-state index contributed by atoms with van der Waals surface area (Å²) >= 11 is 0. The van der Waals surface area contributed by atoms with Gasteiger partial charge >= 0.3 is 6.18 Å². The predicted molar refractivity (Wildman–Crippen MR) is 71.8 cm³/mol. The fourth-order valence-electron chi connectivity index (χ4n) is 2.29. The highest BCUT2D eigenvalue weighted by molar-refractivity contribution is 5.92. The summed E-state index contributed by atoms with van der Waals surface area (Å²) in [6.45, 7) is 0.0965. The molecule has 1 aromatic rings. The number of aliphatic hydroxyl groups is 1. The fourth-order valence-corrected chi connectivity index (χ4v) is 2.29. The number of nitrogens with one attached hydrogen (secondary N) is 1. The molecule has 0 atom stereocenters. The summed E-state index contributed by atoms with van der Waals surface area (Å²) in [5.74, 6) is -0.279. The van der Waals surface area contributed by atoms with Gasteiger partial charge in [-0.15, -0.1) is 0 Å². The Kier molecular flexibility index (Phi) is 4.53. The summed E-state index contributed by atoms with van der Waals surface area (Å²) in [5.41, 5.74) is -1.98. The van der Waals surface area contributed by atoms with Gasteiger partial charge in [0.2, 0.25) is 5.91 Å². The Balaban J connectivity index is 1.82. The second-order valence-electron chi connectivity index (χ2n) is 5.22. The van der Waals surface area contributed by atoms with Gasteiger partial charge in [0.05, 0.1) is 6.54 Å². The van der Waals surface area contributed by atoms with Crippen LogP contribution >= 0.6 is 0 Å². The number of rotatable bonds is 3. The summed E-state index contributed by atoms with van der Waals surface area (Å²) < 4.78 is 38.0. The van der Waals surface area contributed by atoms with E-state index in [1.807, 2.05) is 6.07 Å². The number of halogens is 3. The molecule has 1 fully saturated rings. The molecule has 2 N–H and O–H groups in total. The number of carbonyl (C=O) groups is 1. The highest BCUT2D eigenvalue weighted by Crippen LogP contribution is 2.38. The maximum atomic E-state index is 12.7. The minimum Gasteiger partial charge on any atom is -0.380 e. The van der Waals surface area contributed by atoms with Crippen LogP contribution in [0.1, 0.15) is 12.8 Å². The number of likely N-dealkylation sites (tertiary alicyclic amines) is 1. The van der Waals surface area contributed by atoms with E-state index in [0.717, 1.165) is 0 Å². The maximum Gasteiger partial charge on any atom is 0.417 e. The molecular weight excluding hydrogens is 285 g/mol. The molecule has 2 rings (SSSR count). The minimum absolute atomic E-state index is 0.0167. The number of carbonyl (C=O) groups excluding carboxylic acids is 1. The molecule has 116 valence electrons. The lowest BCUT2D eigenvalue weighted by atomic mass is 9.91. The van der Waals surface area contributed by atoms with Crippen LogP contribution in [0.2, 0.25) is 0 Å². The van der Waals surface area contributed by atoms with Crippen LogP contribution in [0.3, 0.4) is 0 Å². The zero-order chi connectivity index (χ0) is 15.5. The van der Waals surface area contributed by atoms with E-state index in [1.54, 1.807) is 29.2 Å². The molecule has 1 aromatic carbocycles. The molecule has 0 aliphatic carbocycles. The van der Waals surface area contributed by atoms with Crippen molar-refractivity contribution in [2.45, 2.75) is 24.6 Å². The monoisotopic (exact) mass is 302 g/mol. The first kappa shape index (κ1) is 15.8. The molecule has 1 heterocycles. The Hall–Kier alpha value is -1.60. The number of alkyl halides is 3. The molecule has 1 aliphatic rings. The Morgan fingerprint density at radius 1 is 1.24 bits per heavy atom. The molecule has 4 nitrogen and oxygen atoms in total. The van der Waals surface area contributed by atoms with Gasteiger partial charge in [-0.1, -0.05) is 18.2 Å². The smallest absolute Gasteiger partial charge is 0.380 e. The first-order valence-electron chi connectivity index (χ1n) is 6.66. The molecule has 0 spiro atoms. The molecule has 1 saturated heterocycles. The Morgan fingerprint density at radius 3 is 2.33 bits per heavy atom. The van der Waals surface area contributed by atoms with Crippen molar-refractivity contribution in [1.29, 1.82) is 0 Å². The van der Waals surface area contributed by atoms with Crippen LogP contribution in [-0.2, 0) is 4.79 Å². The topological polar surface area (TPSA) is 52.6 Å². The average Bonchev–Trinajstić information content (AvgIpc) is 2.41. The molecule has 0 bridgehead atoms. The quantitative estimate of drug-likeness (QED) is 0.898. The Labute approximate surface area is 120 Å². The van der Waals surface area contributed by atoms with Crippen LogP contribution in [-0.4, -0.2) is 47.3 Å². The van der Waals surface area contributed by atoms with E-state index in [1.165, 1.54) is 0 Å². The Morgan fingerprint density at radius 2 is 1.81 bits per heavy atom. The van der Waals surface area contributed by atoms with Gasteiger partial charge in [0.1, 0.15) is 0 Å². The van der Waals surface area contributed by atoms with Gasteiger partial charge in [0, 0.05) is 18.8 Å². The van der Waals surface area contributed by atoms with Crippen molar-refractivity contribution in [2.75, 3.05) is 25.0 Å². The molecular formula is C14H17F3N2O2. The third-order valence-corrected chi connectivity index (χ3v) is 3.64. The standard InChI is InChI=1S/C14H17F3N2O2/c15-14(16,17)13(21)6-8-19(9-7-13)10-12(20)18-11-4-2-1-3-5-11/h1-5,21H,6-10H2,(H,18,20). The van der Waals surface area contributed by atoms with Gasteiger partial charge in [-0.25, -0.2) is 0 Å². The summed E-state index contributed by atoms with van der Waals surface area (Å²) in [5, 5.41) is 12.2. The first-order valence-corrected chi connectivity index (χ1v) is 6.66. The van der Waals surface area contributed by atoms with Crippen LogP contribution in [0.4, 0.5) is 18.9 Å². The third kappa shape index (κ3) is 3.95. The van der Waals surface area contributed by atoms with Crippen LogP contribution in [0, 0.1) is 0 Å². The molecule has 1 aliphatic heterocycles. The lowest BCUT2D eigenvalue weighted by Crippen LogP contribution is -2.54. The summed E-state index contributed by atoms with van der Waals surface area (Å²) in [7, 11) is 0. The highest BCUT2D eigenvalue weighted by atomic mass is 19.4. The predicted octanol–water partition coefficient (Wildman–Crippen LogP) is 2.01. The van der Waals surface area contributed by atoms with Crippen molar-refractivity contribution in [3.05, 3.63) is 30.3 Å². The second kappa shape index (κ2) is 6.03. The highest BCUT2D eigenvalue weighted by Gasteiger charge is 2.54. The molecule has 7 heteroatoms. The average molecular weight is 302 g/mol. The van der Waals surface area contributed by atoms with Crippen molar-refractivity contribution in [3.63, 3.8) is 0 Å². The second-order valence-corrected chi connectivity index (χ2v) is 5.22. The molecule has 0 unspecified atom stereocenters. The molecule has 21 heavy (non-hydrogen) atoms. The normalized spacial score (nSPS) is 19.2. The number of hydrogen-bond donors (Lipinski definition) is 2. The fraction of sp³-hybridized carbons (Fsp3) is 0.500. The van der Waals surface area contributed by atoms with Crippen molar-refractivity contribution < 1.29 is 23.1 Å². The number of amides is 1. The van der Waals surface area contributed by atoms with E-state index in [4.69, 9.17) is 0 Å². The minimum atomic E-state index is -4.62. The SMILES string of the molecule is O=C(CN1CCC(O)(C(F)(F)F)CC1)Nc1ccccc1. The zero-order valence-corrected chi connectivity index (χ0v) is 11.4. The summed E-state index contributed by atoms with van der Waals surface area (Å²) in [6.07, 6.45) is -5.43. The van der Waals surface area contributed by atoms with Gasteiger partial charge in [-0.2, -0.15) is 13.2 Å². The van der Waals surface area contributed by atoms with E-state index in [-0.39, 0.29) is 25.5 Å². The third-order valence-electron chi connectivity index (χ3n) is 3.64. The van der Waals surface area contributed by atoms with E-state index in [2.05, 4.69) is 5.32 Å². The number of piperidine rings is 1. The number of anilines is 1. The van der Waals surface area contributed by atoms with Gasteiger partial charge in [0.15, 0.2) is 5.60 Å². The number of hydrogen-bond acceptors (Lipinski definition) is 3. The van der Waals surface area contributed by atoms with Crippen LogP contribution in [0.15, 0.2) is 30.3 Å². The van der Waals surface area contributed by atoms with Gasteiger partial charge in [-0.05, 0) is 25.0 Å². The van der Waals surface area contributed by atoms with Crippen LogP contribution < -0.4 is 5.32 Å². The van der Waals surface area contributed by atoms with Crippen molar-refractivity contribution in [1.82, 2.24) is 4.90 Å². The van der Waals surface area contributed by atoms with E-state index in [9.17, 15) is 23.1 Å². The van der Waals surface area contributed by atoms with Gasteiger partial charge < -0.3 is 10.4 Å². The largest absolute Gasteiger partial charge is 0.417 e. The number of nitrogens with zero attached hydrogens (tertiary/aromatic N) is 1. The number of para-hydroxylation sites is 1. The van der Waals surface area contributed by atoms with E-state index >= 15 is 0 Å². The molecule has 1 amide bonds. The van der Waals surface area contributed by atoms with Crippen LogP contribution in [0.5, 0.6) is 0 Å². The molecule has 0 saturated carbocycles. The molecule has 0 radical (unpaired) electrons. The van der Waals surface area contributed by atoms with Crippen molar-refractivity contribution in [3.8, 4) is 0 Å². The van der Waals surface area contributed by atoms with Gasteiger partial charge in [-0.3, -0.25) is 9.69 Å². The lowest BCUT2D eigenvalue weighted by molar-refractivity contribution is -0.272. The van der Waals surface area contributed by atoms with E-state index in [0.29, 0.717) is 5.69 Å². The Bertz CT molecular complexity index is 483. The zero-order valence-electron chi connectivity index (χ0n) is 11.4. The summed E-state index contributed by atoms with van der Waals surface area (Å²) in [6, 6.07) is 8.84.